The SMILES string of the molecule is CSc1cc(F)c(CC(C)[C@]23CCC(=O)C=C2OCO3)cc1F. The van der Waals surface area contributed by atoms with Crippen LogP contribution in [0.2, 0.25) is 0 Å². The molecule has 0 aromatic heterocycles. The number of carbonyl (C=O) groups is 1. The lowest BCUT2D eigenvalue weighted by Crippen LogP contribution is -2.41. The lowest BCUT2D eigenvalue weighted by molar-refractivity contribution is -0.117. The Morgan fingerprint density at radius 1 is 1.35 bits per heavy atom. The molecule has 124 valence electrons. The average molecular weight is 340 g/mol. The van der Waals surface area contributed by atoms with Crippen molar-refractivity contribution in [1.29, 1.82) is 0 Å². The van der Waals surface area contributed by atoms with Crippen LogP contribution in [0.3, 0.4) is 0 Å². The van der Waals surface area contributed by atoms with Crippen molar-refractivity contribution in [2.45, 2.75) is 36.7 Å². The monoisotopic (exact) mass is 340 g/mol. The van der Waals surface area contributed by atoms with E-state index in [1.807, 2.05) is 6.92 Å². The summed E-state index contributed by atoms with van der Waals surface area (Å²) in [6, 6.07) is 2.48. The number of benzene rings is 1. The second-order valence-corrected chi connectivity index (χ2v) is 6.80. The Hall–Kier alpha value is -1.40. The highest BCUT2D eigenvalue weighted by Crippen LogP contribution is 2.44. The van der Waals surface area contributed by atoms with Crippen molar-refractivity contribution < 1.29 is 23.0 Å². The van der Waals surface area contributed by atoms with Gasteiger partial charge in [-0.05, 0) is 42.7 Å². The van der Waals surface area contributed by atoms with E-state index in [4.69, 9.17) is 9.47 Å². The van der Waals surface area contributed by atoms with E-state index in [1.165, 1.54) is 30.0 Å². The average Bonchev–Trinajstić information content (AvgIpc) is 2.94. The number of fused-ring (bicyclic) bond motifs is 1. The topological polar surface area (TPSA) is 35.5 Å². The summed E-state index contributed by atoms with van der Waals surface area (Å²) in [5, 5.41) is 0. The molecule has 0 saturated carbocycles. The van der Waals surface area contributed by atoms with Crippen LogP contribution in [0.5, 0.6) is 0 Å². The van der Waals surface area contributed by atoms with Gasteiger partial charge in [-0.15, -0.1) is 11.8 Å². The Bertz CT molecular complexity index is 674. The third-order valence-corrected chi connectivity index (χ3v) is 5.38. The minimum atomic E-state index is -0.713. The first-order chi connectivity index (χ1) is 11.0. The summed E-state index contributed by atoms with van der Waals surface area (Å²) in [6.45, 7) is 2.00. The molecule has 3 rings (SSSR count). The molecule has 3 nitrogen and oxygen atoms in total. The van der Waals surface area contributed by atoms with E-state index >= 15 is 0 Å². The van der Waals surface area contributed by atoms with Gasteiger partial charge in [0.25, 0.3) is 0 Å². The summed E-state index contributed by atoms with van der Waals surface area (Å²) >= 11 is 1.17. The van der Waals surface area contributed by atoms with Crippen LogP contribution in [0.15, 0.2) is 28.9 Å². The quantitative estimate of drug-likeness (QED) is 0.780. The minimum Gasteiger partial charge on any atom is -0.469 e. The molecule has 0 N–H and O–H groups in total. The molecule has 1 aliphatic carbocycles. The molecule has 6 heteroatoms. The third kappa shape index (κ3) is 2.90. The van der Waals surface area contributed by atoms with Gasteiger partial charge in [-0.1, -0.05) is 6.92 Å². The summed E-state index contributed by atoms with van der Waals surface area (Å²) in [5.74, 6) is -0.455. The van der Waals surface area contributed by atoms with Gasteiger partial charge in [0.15, 0.2) is 12.6 Å². The number of hydrogen-bond acceptors (Lipinski definition) is 4. The summed E-state index contributed by atoms with van der Waals surface area (Å²) in [4.78, 5) is 11.9. The molecule has 1 unspecified atom stereocenters. The highest BCUT2D eigenvalue weighted by Gasteiger charge is 2.49. The Morgan fingerprint density at radius 2 is 2.13 bits per heavy atom. The maximum absolute atomic E-state index is 14.2. The van der Waals surface area contributed by atoms with Crippen molar-refractivity contribution in [3.63, 3.8) is 0 Å². The third-order valence-electron chi connectivity index (χ3n) is 4.63. The normalized spacial score (nSPS) is 24.9. The van der Waals surface area contributed by atoms with Crippen LogP contribution in [0.4, 0.5) is 8.78 Å². The number of ether oxygens (including phenoxy) is 2. The van der Waals surface area contributed by atoms with E-state index in [1.54, 1.807) is 6.26 Å². The number of hydrogen-bond donors (Lipinski definition) is 0. The summed E-state index contributed by atoms with van der Waals surface area (Å²) < 4.78 is 39.4. The molecule has 0 bridgehead atoms. The van der Waals surface area contributed by atoms with Gasteiger partial charge in [0.05, 0.1) is 0 Å². The fraction of sp³-hybridized carbons (Fsp3) is 0.471. The summed E-state index contributed by atoms with van der Waals surface area (Å²) in [6.07, 6.45) is 4.37. The van der Waals surface area contributed by atoms with Crippen LogP contribution in [0.25, 0.3) is 0 Å². The van der Waals surface area contributed by atoms with Gasteiger partial charge < -0.3 is 9.47 Å². The molecule has 2 aliphatic rings. The second-order valence-electron chi connectivity index (χ2n) is 5.95. The van der Waals surface area contributed by atoms with Gasteiger partial charge in [-0.3, -0.25) is 4.79 Å². The van der Waals surface area contributed by atoms with Gasteiger partial charge in [0.2, 0.25) is 0 Å². The number of carbonyl (C=O) groups excluding carboxylic acids is 1. The number of halogens is 2. The maximum Gasteiger partial charge on any atom is 0.189 e. The van der Waals surface area contributed by atoms with Crippen LogP contribution in [0.1, 0.15) is 25.3 Å². The molecule has 0 radical (unpaired) electrons. The number of ketones is 1. The lowest BCUT2D eigenvalue weighted by atomic mass is 9.76. The summed E-state index contributed by atoms with van der Waals surface area (Å²) in [5.41, 5.74) is -0.399. The molecule has 1 aromatic rings. The molecule has 1 aliphatic heterocycles. The first-order valence-corrected chi connectivity index (χ1v) is 8.72. The minimum absolute atomic E-state index is 0.00914. The van der Waals surface area contributed by atoms with Crippen molar-refractivity contribution in [2.24, 2.45) is 5.92 Å². The number of rotatable bonds is 4. The Morgan fingerprint density at radius 3 is 2.87 bits per heavy atom. The van der Waals surface area contributed by atoms with Crippen molar-refractivity contribution in [2.75, 3.05) is 13.0 Å². The van der Waals surface area contributed by atoms with Gasteiger partial charge >= 0.3 is 0 Å². The van der Waals surface area contributed by atoms with Crippen LogP contribution >= 0.6 is 11.8 Å². The molecule has 1 aromatic carbocycles. The zero-order valence-electron chi connectivity index (χ0n) is 13.0. The van der Waals surface area contributed by atoms with E-state index in [2.05, 4.69) is 0 Å². The molecule has 2 atom stereocenters. The number of thioether (sulfide) groups is 1. The molecular formula is C17H18F2O3S. The van der Waals surface area contributed by atoms with E-state index < -0.39 is 17.2 Å². The van der Waals surface area contributed by atoms with Crippen molar-refractivity contribution in [3.8, 4) is 0 Å². The van der Waals surface area contributed by atoms with Gasteiger partial charge in [-0.25, -0.2) is 8.78 Å². The van der Waals surface area contributed by atoms with E-state index in [9.17, 15) is 13.6 Å². The highest BCUT2D eigenvalue weighted by atomic mass is 32.2. The Labute approximate surface area is 138 Å². The zero-order chi connectivity index (χ0) is 16.6. The van der Waals surface area contributed by atoms with Gasteiger partial charge in [-0.2, -0.15) is 0 Å². The largest absolute Gasteiger partial charge is 0.469 e. The van der Waals surface area contributed by atoms with Crippen LogP contribution in [-0.4, -0.2) is 24.4 Å². The van der Waals surface area contributed by atoms with E-state index in [-0.39, 0.29) is 18.5 Å². The summed E-state index contributed by atoms with van der Waals surface area (Å²) in [7, 11) is 0. The van der Waals surface area contributed by atoms with Crippen molar-refractivity contribution in [3.05, 3.63) is 41.2 Å². The second kappa shape index (κ2) is 6.24. The molecule has 0 amide bonds. The fourth-order valence-electron chi connectivity index (χ4n) is 3.29. The van der Waals surface area contributed by atoms with Crippen molar-refractivity contribution in [1.82, 2.24) is 0 Å². The van der Waals surface area contributed by atoms with Gasteiger partial charge in [0.1, 0.15) is 23.0 Å². The molecule has 23 heavy (non-hydrogen) atoms. The molecule has 0 spiro atoms. The first-order valence-electron chi connectivity index (χ1n) is 7.50. The smallest absolute Gasteiger partial charge is 0.189 e. The van der Waals surface area contributed by atoms with E-state index in [0.29, 0.717) is 35.5 Å². The predicted molar refractivity (Wildman–Crippen MR) is 83.1 cm³/mol. The Kier molecular flexibility index (Phi) is 4.47. The first kappa shape index (κ1) is 16.5. The van der Waals surface area contributed by atoms with Crippen LogP contribution in [0, 0.1) is 17.6 Å². The van der Waals surface area contributed by atoms with Crippen molar-refractivity contribution >= 4 is 17.5 Å². The molecular weight excluding hydrogens is 322 g/mol. The zero-order valence-corrected chi connectivity index (χ0v) is 13.8. The Balaban J connectivity index is 1.87. The van der Waals surface area contributed by atoms with Crippen LogP contribution < -0.4 is 0 Å². The molecule has 1 fully saturated rings. The molecule has 1 saturated heterocycles. The van der Waals surface area contributed by atoms with Gasteiger partial charge in [0, 0.05) is 17.4 Å². The number of allylic oxidation sites excluding steroid dienone is 1. The lowest BCUT2D eigenvalue weighted by Gasteiger charge is -2.35. The highest BCUT2D eigenvalue weighted by molar-refractivity contribution is 7.98. The molecule has 1 heterocycles. The maximum atomic E-state index is 14.2. The van der Waals surface area contributed by atoms with Crippen LogP contribution in [-0.2, 0) is 20.7 Å². The van der Waals surface area contributed by atoms with E-state index in [0.717, 1.165) is 0 Å². The predicted octanol–water partition coefficient (Wildman–Crippen LogP) is 3.86. The fourth-order valence-corrected chi connectivity index (χ4v) is 3.76. The standard InChI is InChI=1S/C17H18F2O3S/c1-10(5-11-6-14(19)15(23-2)8-13(11)18)17-4-3-12(20)7-16(17)21-9-22-17/h6-8,10H,3-5,9H2,1-2H3/t10?,17-/m1/s1.